The summed E-state index contributed by atoms with van der Waals surface area (Å²) < 4.78 is 68.9. The van der Waals surface area contributed by atoms with Gasteiger partial charge in [-0.2, -0.15) is 0 Å². The molecule has 0 aromatic rings. The van der Waals surface area contributed by atoms with Crippen molar-refractivity contribution in [1.29, 1.82) is 0 Å². The number of phosphoric acid groups is 2. The Labute approximate surface area is 632 Å². The van der Waals surface area contributed by atoms with Crippen molar-refractivity contribution in [3.05, 3.63) is 0 Å². The monoisotopic (exact) mass is 1510 g/mol. The minimum absolute atomic E-state index is 0.108. The van der Waals surface area contributed by atoms with Crippen LogP contribution in [0.3, 0.4) is 0 Å². The van der Waals surface area contributed by atoms with Gasteiger partial charge >= 0.3 is 39.5 Å². The third-order valence-electron chi connectivity index (χ3n) is 20.1. The molecule has 0 aromatic carbocycles. The van der Waals surface area contributed by atoms with Gasteiger partial charge in [0, 0.05) is 25.7 Å². The summed E-state index contributed by atoms with van der Waals surface area (Å²) in [6.45, 7) is 9.73. The van der Waals surface area contributed by atoms with Crippen molar-refractivity contribution in [3.8, 4) is 0 Å². The largest absolute Gasteiger partial charge is 0.472 e. The van der Waals surface area contributed by atoms with Crippen LogP contribution >= 0.6 is 15.6 Å². The zero-order valence-corrected chi connectivity index (χ0v) is 69.4. The van der Waals surface area contributed by atoms with E-state index in [1.807, 2.05) is 0 Å². The highest BCUT2D eigenvalue weighted by Crippen LogP contribution is 2.45. The van der Waals surface area contributed by atoms with Crippen molar-refractivity contribution in [3.63, 3.8) is 0 Å². The van der Waals surface area contributed by atoms with E-state index in [1.54, 1.807) is 0 Å². The fourth-order valence-electron chi connectivity index (χ4n) is 13.0. The molecule has 0 radical (unpaired) electrons. The smallest absolute Gasteiger partial charge is 0.462 e. The number of esters is 4. The highest BCUT2D eigenvalue weighted by atomic mass is 31.2. The van der Waals surface area contributed by atoms with Crippen LogP contribution in [0.2, 0.25) is 0 Å². The molecule has 0 aliphatic heterocycles. The van der Waals surface area contributed by atoms with Crippen LogP contribution in [0.1, 0.15) is 446 Å². The molecule has 6 atom stereocenters. The molecule has 0 amide bonds. The normalized spacial score (nSPS) is 14.1. The number of aliphatic hydroxyl groups is 1. The molecule has 0 aromatic heterocycles. The molecule has 3 N–H and O–H groups in total. The van der Waals surface area contributed by atoms with Gasteiger partial charge in [-0.05, 0) is 37.5 Å². The maximum absolute atomic E-state index is 13.1. The zero-order chi connectivity index (χ0) is 75.6. The summed E-state index contributed by atoms with van der Waals surface area (Å²) >= 11 is 0. The molecule has 0 fully saturated rings. The van der Waals surface area contributed by atoms with Crippen LogP contribution in [0, 0.1) is 11.8 Å². The molecule has 3 unspecified atom stereocenters. The van der Waals surface area contributed by atoms with Gasteiger partial charge < -0.3 is 33.8 Å². The van der Waals surface area contributed by atoms with Gasteiger partial charge in [-0.25, -0.2) is 9.13 Å². The standard InChI is InChI=1S/C84H164O17P2/c1-7-10-12-14-16-18-20-22-23-24-25-31-37-43-49-55-61-67-82(87)95-73-80(100-83(88)68-62-56-50-44-38-32-27-26-30-35-41-47-53-59-65-77(6)9-3)75-99-103(92,93)97-71-78(85)70-96-102(90,91)98-74-79(72-94-81(86)66-60-54-48-42-36-21-19-17-15-13-11-8-2)101-84(89)69-63-57-51-45-39-33-28-29-34-40-46-52-58-64-76(4)5/h76-80,85H,7-75H2,1-6H3,(H,90,91)(H,92,93)/t77?,78-,79+,80+/m0/s1. The first kappa shape index (κ1) is 101. The van der Waals surface area contributed by atoms with Crippen molar-refractivity contribution in [2.24, 2.45) is 11.8 Å². The van der Waals surface area contributed by atoms with E-state index in [4.69, 9.17) is 37.0 Å². The molecule has 0 bridgehead atoms. The molecule has 0 saturated carbocycles. The van der Waals surface area contributed by atoms with Crippen LogP contribution in [0.5, 0.6) is 0 Å². The second-order valence-corrected chi connectivity index (χ2v) is 33.8. The second kappa shape index (κ2) is 75.5. The number of aliphatic hydroxyl groups excluding tert-OH is 1. The number of hydrogen-bond acceptors (Lipinski definition) is 15. The third-order valence-corrected chi connectivity index (χ3v) is 22.0. The first-order valence-corrected chi connectivity index (χ1v) is 46.5. The lowest BCUT2D eigenvalue weighted by Crippen LogP contribution is -2.30. The Morgan fingerprint density at radius 1 is 0.282 bits per heavy atom. The Balaban J connectivity index is 5.27. The minimum Gasteiger partial charge on any atom is -0.462 e. The van der Waals surface area contributed by atoms with Crippen LogP contribution in [-0.2, 0) is 65.4 Å². The van der Waals surface area contributed by atoms with Crippen LogP contribution in [-0.4, -0.2) is 96.7 Å². The molecule has 17 nitrogen and oxygen atoms in total. The maximum Gasteiger partial charge on any atom is 0.472 e. The lowest BCUT2D eigenvalue weighted by Gasteiger charge is -2.21. The van der Waals surface area contributed by atoms with E-state index in [2.05, 4.69) is 41.5 Å². The van der Waals surface area contributed by atoms with E-state index in [1.165, 1.54) is 263 Å². The topological polar surface area (TPSA) is 237 Å². The molecular weight excluding hydrogens is 1340 g/mol. The molecule has 0 saturated heterocycles. The fraction of sp³-hybridized carbons (Fsp3) is 0.952. The minimum atomic E-state index is -4.96. The summed E-state index contributed by atoms with van der Waals surface area (Å²) in [5.74, 6) is -0.469. The predicted molar refractivity (Wildman–Crippen MR) is 423 cm³/mol. The van der Waals surface area contributed by atoms with Gasteiger partial charge in [-0.15, -0.1) is 0 Å². The van der Waals surface area contributed by atoms with E-state index in [0.29, 0.717) is 25.7 Å². The van der Waals surface area contributed by atoms with Gasteiger partial charge in [-0.3, -0.25) is 37.3 Å². The SMILES string of the molecule is CCCCCCCCCCCCCCCCCCCC(=O)OC[C@H](COP(=O)(O)OC[C@@H](O)COP(=O)(O)OC[C@@H](COC(=O)CCCCCCCCCCCCCC)OC(=O)CCCCCCCCCCCCCCCC(C)C)OC(=O)CCCCCCCCCCCCCCCCC(C)CC. The van der Waals surface area contributed by atoms with Crippen molar-refractivity contribution in [2.45, 2.75) is 464 Å². The van der Waals surface area contributed by atoms with Crippen molar-refractivity contribution < 1.29 is 80.2 Å². The van der Waals surface area contributed by atoms with Gasteiger partial charge in [-0.1, -0.05) is 395 Å². The van der Waals surface area contributed by atoms with E-state index in [9.17, 15) is 43.2 Å². The Kier molecular flexibility index (Phi) is 74.1. The Morgan fingerprint density at radius 3 is 0.738 bits per heavy atom. The third kappa shape index (κ3) is 76.6. The molecule has 0 aliphatic rings. The second-order valence-electron chi connectivity index (χ2n) is 30.9. The van der Waals surface area contributed by atoms with Gasteiger partial charge in [0.25, 0.3) is 0 Å². The average molecular weight is 1510 g/mol. The summed E-state index contributed by atoms with van der Waals surface area (Å²) in [7, 11) is -9.93. The number of unbranched alkanes of at least 4 members (excludes halogenated alkanes) is 52. The zero-order valence-electron chi connectivity index (χ0n) is 67.6. The number of ether oxygens (including phenoxy) is 4. The molecule has 612 valence electrons. The number of rotatable bonds is 83. The van der Waals surface area contributed by atoms with Gasteiger partial charge in [0.15, 0.2) is 12.2 Å². The summed E-state index contributed by atoms with van der Waals surface area (Å²) in [5.41, 5.74) is 0. The highest BCUT2D eigenvalue weighted by Gasteiger charge is 2.30. The van der Waals surface area contributed by atoms with Gasteiger partial charge in [0.05, 0.1) is 26.4 Å². The lowest BCUT2D eigenvalue weighted by molar-refractivity contribution is -0.161. The van der Waals surface area contributed by atoms with Crippen LogP contribution in [0.25, 0.3) is 0 Å². The number of phosphoric ester groups is 2. The molecule has 19 heteroatoms. The first-order valence-electron chi connectivity index (χ1n) is 43.5. The summed E-state index contributed by atoms with van der Waals surface area (Å²) in [5, 5.41) is 10.7. The fourth-order valence-corrected chi connectivity index (χ4v) is 14.6. The van der Waals surface area contributed by atoms with Crippen LogP contribution < -0.4 is 0 Å². The van der Waals surface area contributed by atoms with E-state index >= 15 is 0 Å². The van der Waals surface area contributed by atoms with Crippen LogP contribution in [0.4, 0.5) is 0 Å². The molecule has 0 spiro atoms. The Morgan fingerprint density at radius 2 is 0.495 bits per heavy atom. The Hall–Kier alpha value is -1.94. The quantitative estimate of drug-likeness (QED) is 0.0222. The summed E-state index contributed by atoms with van der Waals surface area (Å²) in [6.07, 6.45) is 66.4. The van der Waals surface area contributed by atoms with E-state index in [0.717, 1.165) is 102 Å². The Bertz CT molecular complexity index is 1980. The lowest BCUT2D eigenvalue weighted by atomic mass is 9.99. The number of carbonyl (C=O) groups excluding carboxylic acids is 4. The molecule has 0 heterocycles. The summed E-state index contributed by atoms with van der Waals surface area (Å²) in [6, 6.07) is 0. The predicted octanol–water partition coefficient (Wildman–Crippen LogP) is 25.5. The first-order chi connectivity index (χ1) is 49.9. The van der Waals surface area contributed by atoms with Crippen molar-refractivity contribution in [2.75, 3.05) is 39.6 Å². The van der Waals surface area contributed by atoms with E-state index < -0.39 is 97.5 Å². The average Bonchev–Trinajstić information content (AvgIpc) is 0.907. The van der Waals surface area contributed by atoms with Crippen LogP contribution in [0.15, 0.2) is 0 Å². The maximum atomic E-state index is 13.1. The number of hydrogen-bond donors (Lipinski definition) is 3. The van der Waals surface area contributed by atoms with Crippen molar-refractivity contribution in [1.82, 2.24) is 0 Å². The highest BCUT2D eigenvalue weighted by molar-refractivity contribution is 7.47. The van der Waals surface area contributed by atoms with Crippen molar-refractivity contribution >= 4 is 39.5 Å². The number of carbonyl (C=O) groups is 4. The summed E-state index contributed by atoms with van der Waals surface area (Å²) in [4.78, 5) is 73.2. The van der Waals surface area contributed by atoms with Gasteiger partial charge in [0.1, 0.15) is 19.3 Å². The molecular formula is C84H164O17P2. The van der Waals surface area contributed by atoms with Gasteiger partial charge in [0.2, 0.25) is 0 Å². The van der Waals surface area contributed by atoms with E-state index in [-0.39, 0.29) is 25.7 Å². The molecule has 0 aliphatic carbocycles. The molecule has 103 heavy (non-hydrogen) atoms. The molecule has 0 rings (SSSR count).